The zero-order valence-electron chi connectivity index (χ0n) is 29.4. The van der Waals surface area contributed by atoms with Crippen LogP contribution in [0.1, 0.15) is 112 Å². The van der Waals surface area contributed by atoms with Crippen LogP contribution in [0.25, 0.3) is 0 Å². The highest BCUT2D eigenvalue weighted by Gasteiger charge is 2.10. The third kappa shape index (κ3) is 20.0. The average Bonchev–Trinajstić information content (AvgIpc) is 3.00. The molecule has 2 aromatic rings. The Morgan fingerprint density at radius 1 is 0.578 bits per heavy atom. The Hall–Kier alpha value is -2.81. The highest BCUT2D eigenvalue weighted by Crippen LogP contribution is 2.30. The molecular weight excluding hydrogens is 565 g/mol. The molecule has 2 rings (SSSR count). The zero-order chi connectivity index (χ0) is 32.7. The molecule has 0 heterocycles. The summed E-state index contributed by atoms with van der Waals surface area (Å²) in [4.78, 5) is 1.34. The largest absolute Gasteiger partial charge is 0.373 e. The van der Waals surface area contributed by atoms with Gasteiger partial charge in [0.2, 0.25) is 0 Å². The summed E-state index contributed by atoms with van der Waals surface area (Å²) in [5.41, 5.74) is 10.0. The Labute approximate surface area is 281 Å². The van der Waals surface area contributed by atoms with Gasteiger partial charge in [0, 0.05) is 10.1 Å². The summed E-state index contributed by atoms with van der Waals surface area (Å²) in [5.74, 6) is 0. The van der Waals surface area contributed by atoms with Crippen LogP contribution < -0.4 is 0 Å². The molecule has 45 heavy (non-hydrogen) atoms. The van der Waals surface area contributed by atoms with Crippen molar-refractivity contribution in [3.05, 3.63) is 136 Å². The van der Waals surface area contributed by atoms with Gasteiger partial charge in [-0.1, -0.05) is 118 Å². The summed E-state index contributed by atoms with van der Waals surface area (Å²) in [6.45, 7) is 17.1. The molecule has 1 atom stereocenters. The van der Waals surface area contributed by atoms with Crippen molar-refractivity contribution in [3.63, 3.8) is 0 Å². The highest BCUT2D eigenvalue weighted by molar-refractivity contribution is 8.00. The van der Waals surface area contributed by atoms with Crippen molar-refractivity contribution in [3.8, 4) is 0 Å². The molecule has 0 bridgehead atoms. The summed E-state index contributed by atoms with van der Waals surface area (Å²) in [7, 11) is 0. The van der Waals surface area contributed by atoms with Crippen molar-refractivity contribution in [2.45, 2.75) is 123 Å². The van der Waals surface area contributed by atoms with Crippen LogP contribution in [-0.2, 0) is 11.3 Å². The average molecular weight is 625 g/mol. The molecule has 1 unspecified atom stereocenters. The van der Waals surface area contributed by atoms with E-state index in [0.29, 0.717) is 18.5 Å². The normalized spacial score (nSPS) is 14.1. The van der Waals surface area contributed by atoms with E-state index < -0.39 is 0 Å². The summed E-state index contributed by atoms with van der Waals surface area (Å²) in [6, 6.07) is 21.2. The molecule has 0 radical (unpaired) electrons. The van der Waals surface area contributed by atoms with Gasteiger partial charge in [0.05, 0.1) is 13.2 Å². The minimum atomic E-state index is 0.441. The minimum Gasteiger partial charge on any atom is -0.373 e. The van der Waals surface area contributed by atoms with E-state index in [1.54, 1.807) is 0 Å². The lowest BCUT2D eigenvalue weighted by atomic mass is 10.0. The van der Waals surface area contributed by atoms with E-state index in [1.165, 1.54) is 50.3 Å². The quantitative estimate of drug-likeness (QED) is 0.0776. The number of rotatable bonds is 21. The molecule has 0 aliphatic heterocycles. The van der Waals surface area contributed by atoms with Crippen LogP contribution in [0.15, 0.2) is 135 Å². The second-order valence-electron chi connectivity index (χ2n) is 12.8. The molecule has 0 spiro atoms. The molecule has 0 amide bonds. The monoisotopic (exact) mass is 624 g/mol. The van der Waals surface area contributed by atoms with Crippen LogP contribution in [0.4, 0.5) is 0 Å². The van der Waals surface area contributed by atoms with E-state index in [9.17, 15) is 0 Å². The third-order valence-electron chi connectivity index (χ3n) is 7.87. The van der Waals surface area contributed by atoms with Crippen LogP contribution in [0.2, 0.25) is 0 Å². The summed E-state index contributed by atoms with van der Waals surface area (Å²) >= 11 is 1.99. The Bertz CT molecular complexity index is 1270. The molecule has 2 heteroatoms. The first kappa shape index (κ1) is 38.4. The minimum absolute atomic E-state index is 0.441. The molecule has 0 aromatic heterocycles. The Balaban J connectivity index is 1.84. The molecule has 244 valence electrons. The van der Waals surface area contributed by atoms with E-state index in [1.807, 2.05) is 17.8 Å². The van der Waals surface area contributed by atoms with Crippen molar-refractivity contribution < 1.29 is 4.74 Å². The van der Waals surface area contributed by atoms with Crippen molar-refractivity contribution in [1.82, 2.24) is 0 Å². The fraction of sp³-hybridized carbons (Fsp3) is 0.442. The summed E-state index contributed by atoms with van der Waals surface area (Å²) < 4.78 is 5.84. The van der Waals surface area contributed by atoms with E-state index in [-0.39, 0.29) is 0 Å². The van der Waals surface area contributed by atoms with Gasteiger partial charge in [-0.3, -0.25) is 0 Å². The summed E-state index contributed by atoms with van der Waals surface area (Å²) in [5, 5.41) is 0.441. The topological polar surface area (TPSA) is 9.23 Å². The number of hydrogen-bond donors (Lipinski definition) is 0. The molecule has 1 nitrogen and oxygen atoms in total. The van der Waals surface area contributed by atoms with Gasteiger partial charge in [-0.15, -0.1) is 11.8 Å². The van der Waals surface area contributed by atoms with E-state index >= 15 is 0 Å². The van der Waals surface area contributed by atoms with Crippen molar-refractivity contribution in [2.75, 3.05) is 6.61 Å². The highest BCUT2D eigenvalue weighted by atomic mass is 32.2. The number of allylic oxidation sites excluding steroid dienone is 10. The lowest BCUT2D eigenvalue weighted by Crippen LogP contribution is -2.01. The number of thioether (sulfide) groups is 1. The lowest BCUT2D eigenvalue weighted by molar-refractivity contribution is 0.148. The van der Waals surface area contributed by atoms with Crippen molar-refractivity contribution in [1.29, 1.82) is 0 Å². The molecule has 0 saturated carbocycles. The maximum Gasteiger partial charge on any atom is 0.0721 e. The van der Waals surface area contributed by atoms with Crippen LogP contribution in [-0.4, -0.2) is 11.9 Å². The van der Waals surface area contributed by atoms with Crippen LogP contribution in [0.5, 0.6) is 0 Å². The zero-order valence-corrected chi connectivity index (χ0v) is 30.2. The van der Waals surface area contributed by atoms with Gasteiger partial charge >= 0.3 is 0 Å². The molecule has 0 aliphatic rings. The molecule has 0 N–H and O–H groups in total. The predicted octanol–water partition coefficient (Wildman–Crippen LogP) is 13.6. The van der Waals surface area contributed by atoms with Crippen molar-refractivity contribution >= 4 is 11.8 Å². The van der Waals surface area contributed by atoms with Crippen LogP contribution in [0.3, 0.4) is 0 Å². The van der Waals surface area contributed by atoms with E-state index in [2.05, 4.69) is 140 Å². The molecule has 0 saturated heterocycles. The first-order chi connectivity index (χ1) is 21.7. The number of benzene rings is 2. The lowest BCUT2D eigenvalue weighted by Gasteiger charge is -2.15. The maximum absolute atomic E-state index is 5.84. The first-order valence-corrected chi connectivity index (χ1v) is 17.9. The molecule has 0 fully saturated rings. The van der Waals surface area contributed by atoms with Crippen molar-refractivity contribution in [2.24, 2.45) is 0 Å². The standard InChI is InChI=1S/C43H60OS/c1-35(2)18-14-19-36(3)20-15-21-37(4)22-16-24-39(6)32-43(45-42-28-12-9-13-29-42)33-40(7)25-17-23-38(5)30-31-44-34-41-26-10-8-11-27-41/h8-13,18,20,22,25-30,32,43H,14-17,19,21,23-24,31,33-34H2,1-7H3/b36-20+,37-22+,38-30+,39-32+,40-25+. The SMILES string of the molecule is CC(C)=CCC/C(C)=C/CC/C(C)=C/CC/C(C)=C/C(C/C(C)=C/CC/C(C)=C/COCc1ccccc1)Sc1ccccc1. The smallest absolute Gasteiger partial charge is 0.0721 e. The Morgan fingerprint density at radius 2 is 1.07 bits per heavy atom. The number of hydrogen-bond acceptors (Lipinski definition) is 2. The van der Waals surface area contributed by atoms with Crippen LogP contribution in [0, 0.1) is 0 Å². The van der Waals surface area contributed by atoms with E-state index in [0.717, 1.165) is 51.4 Å². The van der Waals surface area contributed by atoms with E-state index in [4.69, 9.17) is 4.74 Å². The molecule has 0 aliphatic carbocycles. The third-order valence-corrected chi connectivity index (χ3v) is 9.02. The fourth-order valence-corrected chi connectivity index (χ4v) is 6.41. The second-order valence-corrected chi connectivity index (χ2v) is 14.1. The maximum atomic E-state index is 5.84. The van der Waals surface area contributed by atoms with Gasteiger partial charge in [-0.2, -0.15) is 0 Å². The van der Waals surface area contributed by atoms with Gasteiger partial charge < -0.3 is 4.74 Å². The van der Waals surface area contributed by atoms with Crippen LogP contribution >= 0.6 is 11.8 Å². The summed E-state index contributed by atoms with van der Waals surface area (Å²) in [6.07, 6.45) is 24.5. The van der Waals surface area contributed by atoms with Gasteiger partial charge in [0.15, 0.2) is 0 Å². The second kappa shape index (κ2) is 23.5. The van der Waals surface area contributed by atoms with Gasteiger partial charge in [-0.25, -0.2) is 0 Å². The molecular formula is C43H60OS. The fourth-order valence-electron chi connectivity index (χ4n) is 5.10. The van der Waals surface area contributed by atoms with Gasteiger partial charge in [0.1, 0.15) is 0 Å². The van der Waals surface area contributed by atoms with Gasteiger partial charge in [0.25, 0.3) is 0 Å². The predicted molar refractivity (Wildman–Crippen MR) is 202 cm³/mol. The Kier molecular flexibility index (Phi) is 20.1. The number of ether oxygens (including phenoxy) is 1. The van der Waals surface area contributed by atoms with Gasteiger partial charge in [-0.05, 0) is 124 Å². The molecule has 2 aromatic carbocycles. The first-order valence-electron chi connectivity index (χ1n) is 17.0. The Morgan fingerprint density at radius 3 is 1.64 bits per heavy atom.